The van der Waals surface area contributed by atoms with E-state index in [-0.39, 0.29) is 17.3 Å². The van der Waals surface area contributed by atoms with Crippen molar-refractivity contribution in [1.82, 2.24) is 9.21 Å². The average molecular weight is 615 g/mol. The molecule has 0 amide bonds. The number of aliphatic hydroxyl groups excluding tert-OH is 1. The number of hydrogen-bond acceptors (Lipinski definition) is 8. The Morgan fingerprint density at radius 2 is 1.42 bits per heavy atom. The summed E-state index contributed by atoms with van der Waals surface area (Å²) in [5.41, 5.74) is 8.07. The lowest BCUT2D eigenvalue weighted by atomic mass is 10.1. The minimum Gasteiger partial charge on any atom is -0.491 e. The molecular formula is C30H38N4O8S. The van der Waals surface area contributed by atoms with Crippen LogP contribution >= 0.6 is 0 Å². The normalized spacial score (nSPS) is 14.2. The zero-order valence-electron chi connectivity index (χ0n) is 24.1. The lowest BCUT2D eigenvalue weighted by Crippen LogP contribution is -2.50. The van der Waals surface area contributed by atoms with Crippen LogP contribution < -0.4 is 10.5 Å². The average Bonchev–Trinajstić information content (AvgIpc) is 2.96. The highest BCUT2D eigenvalue weighted by atomic mass is 32.2. The van der Waals surface area contributed by atoms with E-state index in [4.69, 9.17) is 35.7 Å². The molecule has 0 saturated carbocycles. The Kier molecular flexibility index (Phi) is 13.8. The van der Waals surface area contributed by atoms with Gasteiger partial charge in [-0.3, -0.25) is 19.9 Å². The summed E-state index contributed by atoms with van der Waals surface area (Å²) in [7, 11) is -3.58. The third kappa shape index (κ3) is 12.2. The molecule has 3 aromatic carbocycles. The number of piperazine rings is 1. The number of nitrogen functional groups attached to an aromatic ring is 1. The molecule has 0 bridgehead atoms. The lowest BCUT2D eigenvalue weighted by Gasteiger charge is -2.34. The summed E-state index contributed by atoms with van der Waals surface area (Å²) in [6.07, 6.45) is -0.732. The largest absolute Gasteiger partial charge is 0.491 e. The second kappa shape index (κ2) is 17.0. The van der Waals surface area contributed by atoms with Gasteiger partial charge >= 0.3 is 0 Å². The molecule has 232 valence electrons. The highest BCUT2D eigenvalue weighted by Crippen LogP contribution is 2.23. The number of ether oxygens (including phenoxy) is 1. The van der Waals surface area contributed by atoms with Crippen molar-refractivity contribution >= 4 is 27.8 Å². The van der Waals surface area contributed by atoms with E-state index in [0.717, 1.165) is 25.0 Å². The smallest absolute Gasteiger partial charge is 0.300 e. The number of carboxylic acids is 2. The van der Waals surface area contributed by atoms with Gasteiger partial charge in [-0.25, -0.2) is 8.42 Å². The number of carboxylic acid groups (broad SMARTS) is 2. The number of amidine groups is 1. The van der Waals surface area contributed by atoms with Gasteiger partial charge < -0.3 is 25.8 Å². The summed E-state index contributed by atoms with van der Waals surface area (Å²) < 4.78 is 33.4. The van der Waals surface area contributed by atoms with Crippen molar-refractivity contribution in [3.05, 3.63) is 84.4 Å². The number of carbonyl (C=O) groups is 2. The maximum Gasteiger partial charge on any atom is 0.300 e. The molecule has 1 unspecified atom stereocenters. The van der Waals surface area contributed by atoms with Crippen molar-refractivity contribution in [1.29, 1.82) is 5.41 Å². The van der Waals surface area contributed by atoms with Crippen LogP contribution in [0.15, 0.2) is 83.8 Å². The van der Waals surface area contributed by atoms with Gasteiger partial charge in [0, 0.05) is 52.1 Å². The van der Waals surface area contributed by atoms with E-state index < -0.39 is 28.1 Å². The molecule has 0 aliphatic carbocycles. The van der Waals surface area contributed by atoms with Gasteiger partial charge in [0.2, 0.25) is 10.0 Å². The summed E-state index contributed by atoms with van der Waals surface area (Å²) in [5, 5.41) is 32.7. The molecule has 43 heavy (non-hydrogen) atoms. The molecule has 4 rings (SSSR count). The van der Waals surface area contributed by atoms with Crippen LogP contribution in [0.5, 0.6) is 5.75 Å². The van der Waals surface area contributed by atoms with E-state index in [1.807, 2.05) is 47.4 Å². The van der Waals surface area contributed by atoms with Crippen LogP contribution in [0, 0.1) is 5.41 Å². The van der Waals surface area contributed by atoms with Crippen LogP contribution in [0.4, 0.5) is 0 Å². The zero-order valence-corrected chi connectivity index (χ0v) is 24.9. The first-order chi connectivity index (χ1) is 20.3. The van der Waals surface area contributed by atoms with Gasteiger partial charge in [0.1, 0.15) is 24.3 Å². The fourth-order valence-corrected chi connectivity index (χ4v) is 5.47. The summed E-state index contributed by atoms with van der Waals surface area (Å²) in [5.74, 6) is -1.18. The van der Waals surface area contributed by atoms with Gasteiger partial charge in [0.05, 0.1) is 4.90 Å². The number of nitrogens with two attached hydrogens (primary N) is 1. The quantitative estimate of drug-likeness (QED) is 0.177. The minimum absolute atomic E-state index is 0.0454. The predicted molar refractivity (Wildman–Crippen MR) is 163 cm³/mol. The number of hydrogen-bond donors (Lipinski definition) is 5. The molecule has 1 aliphatic heterocycles. The number of rotatable bonds is 9. The first kappa shape index (κ1) is 34.9. The van der Waals surface area contributed by atoms with Crippen molar-refractivity contribution in [2.75, 3.05) is 39.3 Å². The van der Waals surface area contributed by atoms with E-state index in [0.29, 0.717) is 44.0 Å². The van der Waals surface area contributed by atoms with Crippen molar-refractivity contribution in [2.45, 2.75) is 24.8 Å². The molecule has 3 aromatic rings. The van der Waals surface area contributed by atoms with Gasteiger partial charge in [-0.05, 0) is 35.4 Å². The van der Waals surface area contributed by atoms with Crippen molar-refractivity contribution in [3.63, 3.8) is 0 Å². The minimum atomic E-state index is -3.58. The van der Waals surface area contributed by atoms with E-state index in [1.54, 1.807) is 36.4 Å². The van der Waals surface area contributed by atoms with Gasteiger partial charge in [-0.2, -0.15) is 4.31 Å². The number of nitrogens with one attached hydrogen (secondary N) is 1. The van der Waals surface area contributed by atoms with Gasteiger partial charge in [0.25, 0.3) is 11.9 Å². The Morgan fingerprint density at radius 3 is 1.95 bits per heavy atom. The van der Waals surface area contributed by atoms with Crippen LogP contribution in [0.2, 0.25) is 0 Å². The van der Waals surface area contributed by atoms with Crippen molar-refractivity contribution in [2.24, 2.45) is 5.73 Å². The summed E-state index contributed by atoms with van der Waals surface area (Å²) in [6, 6.07) is 23.7. The monoisotopic (exact) mass is 614 g/mol. The molecule has 12 nitrogen and oxygen atoms in total. The summed E-state index contributed by atoms with van der Waals surface area (Å²) in [4.78, 5) is 20.3. The molecule has 1 saturated heterocycles. The van der Waals surface area contributed by atoms with Crippen molar-refractivity contribution < 1.29 is 38.1 Å². The molecule has 13 heteroatoms. The van der Waals surface area contributed by atoms with Crippen LogP contribution in [-0.2, 0) is 19.6 Å². The van der Waals surface area contributed by atoms with Crippen LogP contribution in [0.25, 0.3) is 11.1 Å². The highest BCUT2D eigenvalue weighted by molar-refractivity contribution is 7.89. The van der Waals surface area contributed by atoms with Gasteiger partial charge in [0.15, 0.2) is 0 Å². The Morgan fingerprint density at radius 1 is 0.884 bits per heavy atom. The number of β-amino-alcohol motifs (C(OH)–C–C–N with tert-alkyl or cyclic N) is 1. The maximum absolute atomic E-state index is 13.1. The van der Waals surface area contributed by atoms with E-state index in [2.05, 4.69) is 0 Å². The zero-order chi connectivity index (χ0) is 32.0. The lowest BCUT2D eigenvalue weighted by molar-refractivity contribution is -0.135. The first-order valence-corrected chi connectivity index (χ1v) is 14.8. The molecule has 1 fully saturated rings. The topological polar surface area (TPSA) is 195 Å². The fourth-order valence-electron chi connectivity index (χ4n) is 4.05. The number of benzene rings is 3. The molecule has 1 atom stereocenters. The Balaban J connectivity index is 0.000000719. The Labute approximate surface area is 251 Å². The second-order valence-corrected chi connectivity index (χ2v) is 11.5. The molecule has 0 radical (unpaired) electrons. The molecular weight excluding hydrogens is 576 g/mol. The van der Waals surface area contributed by atoms with Crippen LogP contribution in [0.1, 0.15) is 19.4 Å². The summed E-state index contributed by atoms with van der Waals surface area (Å²) in [6.45, 7) is 4.41. The molecule has 0 spiro atoms. The van der Waals surface area contributed by atoms with Gasteiger partial charge in [-0.15, -0.1) is 0 Å². The molecule has 1 aliphatic rings. The Bertz CT molecular complexity index is 1420. The Hall–Kier alpha value is -4.30. The third-order valence-corrected chi connectivity index (χ3v) is 7.90. The standard InChI is InChI=1S/C26H30N4O4S.2C2H4O2/c27-26(28)22-7-4-8-24(17-22)34-19-23(31)18-29-13-15-30(16-14-29)35(32,33)25-11-9-21(10-12-25)20-5-2-1-3-6-20;2*1-2(3)4/h1-12,17,23,31H,13-16,18-19H2,(H3,27,28);2*1H3,(H,3,4). The second-order valence-electron chi connectivity index (χ2n) is 9.54. The number of aliphatic carboxylic acids is 2. The number of sulfonamides is 1. The first-order valence-electron chi connectivity index (χ1n) is 13.3. The number of nitrogens with zero attached hydrogens (tertiary/aromatic N) is 2. The molecule has 1 heterocycles. The highest BCUT2D eigenvalue weighted by Gasteiger charge is 2.29. The van der Waals surface area contributed by atoms with E-state index >= 15 is 0 Å². The number of aliphatic hydroxyl groups is 1. The molecule has 0 aromatic heterocycles. The SMILES string of the molecule is CC(=O)O.CC(=O)O.N=C(N)c1cccc(OCC(O)CN2CCN(S(=O)(=O)c3ccc(-c4ccccc4)cc3)CC2)c1. The predicted octanol–water partition coefficient (Wildman–Crippen LogP) is 2.57. The summed E-state index contributed by atoms with van der Waals surface area (Å²) >= 11 is 0. The fraction of sp³-hybridized carbons (Fsp3) is 0.300. The van der Waals surface area contributed by atoms with Crippen LogP contribution in [0.3, 0.4) is 0 Å². The van der Waals surface area contributed by atoms with E-state index in [9.17, 15) is 13.5 Å². The van der Waals surface area contributed by atoms with Crippen molar-refractivity contribution in [3.8, 4) is 16.9 Å². The molecule has 6 N–H and O–H groups in total. The van der Waals surface area contributed by atoms with Crippen LogP contribution in [-0.4, -0.2) is 96.2 Å². The van der Waals surface area contributed by atoms with E-state index in [1.165, 1.54) is 4.31 Å². The third-order valence-electron chi connectivity index (χ3n) is 5.99. The van der Waals surface area contributed by atoms with Gasteiger partial charge in [-0.1, -0.05) is 54.6 Å². The maximum atomic E-state index is 13.1.